The Bertz CT molecular complexity index is 1750. The van der Waals surface area contributed by atoms with E-state index in [0.29, 0.717) is 16.2 Å². The summed E-state index contributed by atoms with van der Waals surface area (Å²) in [4.78, 5) is 55.2. The van der Waals surface area contributed by atoms with Crippen LogP contribution in [0.5, 0.6) is 0 Å². The van der Waals surface area contributed by atoms with Crippen LogP contribution in [0, 0.1) is 6.92 Å². The summed E-state index contributed by atoms with van der Waals surface area (Å²) in [7, 11) is 3.88. The summed E-state index contributed by atoms with van der Waals surface area (Å²) in [6.45, 7) is 1.92. The van der Waals surface area contributed by atoms with E-state index in [9.17, 15) is 19.2 Å². The Morgan fingerprint density at radius 3 is 1.90 bits per heavy atom. The highest BCUT2D eigenvalue weighted by Gasteiger charge is 2.33. The number of nitrogens with zero attached hydrogens (tertiary/aromatic N) is 2. The van der Waals surface area contributed by atoms with Crippen molar-refractivity contribution in [1.82, 2.24) is 5.06 Å². The molecule has 8 heteroatoms. The van der Waals surface area contributed by atoms with Crippen molar-refractivity contribution in [3.63, 3.8) is 0 Å². The normalized spacial score (nSPS) is 13.6. The molecule has 2 amide bonds. The fourth-order valence-corrected chi connectivity index (χ4v) is 4.44. The van der Waals surface area contributed by atoms with Crippen molar-refractivity contribution in [3.05, 3.63) is 111 Å². The number of imide groups is 1. The van der Waals surface area contributed by atoms with Gasteiger partial charge in [-0.15, -0.1) is 5.06 Å². The van der Waals surface area contributed by atoms with Gasteiger partial charge in [-0.05, 0) is 59.5 Å². The summed E-state index contributed by atoms with van der Waals surface area (Å²) >= 11 is 0. The van der Waals surface area contributed by atoms with Crippen LogP contribution < -0.4 is 10.5 Å². The zero-order valence-electron chi connectivity index (χ0n) is 22.9. The lowest BCUT2D eigenvalue weighted by Crippen LogP contribution is -2.32. The minimum absolute atomic E-state index is 0.0483. The van der Waals surface area contributed by atoms with Crippen LogP contribution in [0.2, 0.25) is 0 Å². The highest BCUT2D eigenvalue weighted by molar-refractivity contribution is 6.02. The van der Waals surface area contributed by atoms with Gasteiger partial charge in [0.25, 0.3) is 11.8 Å². The molecular formula is C33H28N2O6. The number of hydrogen-bond donors (Lipinski definition) is 0. The van der Waals surface area contributed by atoms with E-state index in [4.69, 9.17) is 9.25 Å². The average molecular weight is 549 g/mol. The molecule has 206 valence electrons. The molecule has 41 heavy (non-hydrogen) atoms. The highest BCUT2D eigenvalue weighted by Crippen LogP contribution is 2.25. The molecule has 1 saturated heterocycles. The summed E-state index contributed by atoms with van der Waals surface area (Å²) in [5.74, 6) is -1.79. The number of amides is 2. The number of hydroxylamine groups is 2. The Kier molecular flexibility index (Phi) is 7.65. The molecule has 1 fully saturated rings. The molecule has 1 aliphatic heterocycles. The standard InChI is InChI=1S/C33H28N2O6/c1-21-27-17-15-26(34(2)3)20-29(27)40-33(39)28(21)16-12-23-7-4-22(5-8-23)6-9-24-10-13-25(14-11-24)32(38)41-35-30(36)18-19-31(35)37/h4-17,20H,18-19H2,1-3H3/b9-6+,16-12+. The van der Waals surface area contributed by atoms with E-state index in [1.54, 1.807) is 30.3 Å². The first kappa shape index (κ1) is 27.3. The van der Waals surface area contributed by atoms with Crippen LogP contribution in [0.4, 0.5) is 5.69 Å². The maximum Gasteiger partial charge on any atom is 0.363 e. The molecule has 0 radical (unpaired) electrons. The average Bonchev–Trinajstić information content (AvgIpc) is 3.28. The number of fused-ring (bicyclic) bond motifs is 1. The van der Waals surface area contributed by atoms with E-state index in [0.717, 1.165) is 33.3 Å². The molecule has 0 atom stereocenters. The lowest BCUT2D eigenvalue weighted by atomic mass is 10.0. The van der Waals surface area contributed by atoms with Crippen molar-refractivity contribution in [3.8, 4) is 0 Å². The quantitative estimate of drug-likeness (QED) is 0.165. The van der Waals surface area contributed by atoms with Crippen LogP contribution in [0.1, 0.15) is 51.0 Å². The van der Waals surface area contributed by atoms with E-state index in [1.165, 1.54) is 0 Å². The van der Waals surface area contributed by atoms with Gasteiger partial charge in [0.15, 0.2) is 0 Å². The summed E-state index contributed by atoms with van der Waals surface area (Å²) in [5.41, 5.74) is 5.53. The van der Waals surface area contributed by atoms with E-state index in [1.807, 2.05) is 86.6 Å². The van der Waals surface area contributed by atoms with Gasteiger partial charge >= 0.3 is 11.6 Å². The van der Waals surface area contributed by atoms with Gasteiger partial charge in [0.05, 0.1) is 11.1 Å². The zero-order chi connectivity index (χ0) is 29.1. The molecule has 0 spiro atoms. The van der Waals surface area contributed by atoms with Crippen molar-refractivity contribution in [2.24, 2.45) is 0 Å². The van der Waals surface area contributed by atoms with Gasteiger partial charge in [-0.2, -0.15) is 0 Å². The third-order valence-electron chi connectivity index (χ3n) is 6.89. The first-order valence-corrected chi connectivity index (χ1v) is 13.1. The van der Waals surface area contributed by atoms with Gasteiger partial charge in [-0.1, -0.05) is 54.6 Å². The number of carbonyl (C=O) groups is 3. The Morgan fingerprint density at radius 2 is 1.34 bits per heavy atom. The Hall–Kier alpha value is -5.24. The maximum absolute atomic E-state index is 12.7. The Balaban J connectivity index is 1.24. The minimum atomic E-state index is -0.761. The largest absolute Gasteiger partial charge is 0.422 e. The second-order valence-corrected chi connectivity index (χ2v) is 9.92. The minimum Gasteiger partial charge on any atom is -0.422 e. The van der Waals surface area contributed by atoms with Gasteiger partial charge in [0.1, 0.15) is 5.58 Å². The number of benzene rings is 3. The second-order valence-electron chi connectivity index (χ2n) is 9.92. The molecule has 1 aliphatic rings. The fraction of sp³-hybridized carbons (Fsp3) is 0.152. The molecule has 1 aromatic heterocycles. The molecule has 3 aromatic carbocycles. The molecule has 5 rings (SSSR count). The third kappa shape index (κ3) is 6.01. The summed E-state index contributed by atoms with van der Waals surface area (Å²) < 4.78 is 5.61. The third-order valence-corrected chi connectivity index (χ3v) is 6.89. The first-order chi connectivity index (χ1) is 19.7. The summed E-state index contributed by atoms with van der Waals surface area (Å²) in [6.07, 6.45) is 7.60. The molecule has 4 aromatic rings. The van der Waals surface area contributed by atoms with Crippen LogP contribution in [0.15, 0.2) is 75.9 Å². The van der Waals surface area contributed by atoms with Crippen molar-refractivity contribution >= 4 is 58.7 Å². The highest BCUT2D eigenvalue weighted by atomic mass is 16.7. The molecule has 2 heterocycles. The van der Waals surface area contributed by atoms with Crippen LogP contribution in [-0.4, -0.2) is 36.9 Å². The molecule has 8 nitrogen and oxygen atoms in total. The van der Waals surface area contributed by atoms with Gasteiger partial charge < -0.3 is 14.2 Å². The van der Waals surface area contributed by atoms with E-state index in [-0.39, 0.29) is 24.0 Å². The van der Waals surface area contributed by atoms with Crippen molar-refractivity contribution in [2.45, 2.75) is 19.8 Å². The molecule has 0 bridgehead atoms. The number of anilines is 1. The van der Waals surface area contributed by atoms with Gasteiger partial charge in [-0.3, -0.25) is 9.59 Å². The smallest absolute Gasteiger partial charge is 0.363 e. The van der Waals surface area contributed by atoms with Crippen molar-refractivity contribution < 1.29 is 23.6 Å². The Labute approximate surface area is 236 Å². The lowest BCUT2D eigenvalue weighted by Gasteiger charge is -2.13. The van der Waals surface area contributed by atoms with E-state index >= 15 is 0 Å². The molecular weight excluding hydrogens is 520 g/mol. The van der Waals surface area contributed by atoms with E-state index < -0.39 is 17.8 Å². The van der Waals surface area contributed by atoms with Crippen LogP contribution >= 0.6 is 0 Å². The second kappa shape index (κ2) is 11.5. The fourth-order valence-electron chi connectivity index (χ4n) is 4.44. The topological polar surface area (TPSA) is 97.1 Å². The molecule has 0 unspecified atom stereocenters. The molecule has 0 saturated carbocycles. The number of rotatable bonds is 7. The number of carbonyl (C=O) groups excluding carboxylic acids is 3. The first-order valence-electron chi connectivity index (χ1n) is 13.1. The predicted molar refractivity (Wildman–Crippen MR) is 159 cm³/mol. The van der Waals surface area contributed by atoms with Gasteiger partial charge in [-0.25, -0.2) is 9.59 Å². The maximum atomic E-state index is 12.7. The lowest BCUT2D eigenvalue weighted by molar-refractivity contribution is -0.172. The zero-order valence-corrected chi connectivity index (χ0v) is 22.9. The van der Waals surface area contributed by atoms with Crippen LogP contribution in [0.3, 0.4) is 0 Å². The van der Waals surface area contributed by atoms with Gasteiger partial charge in [0.2, 0.25) is 0 Å². The molecule has 0 N–H and O–H groups in total. The SMILES string of the molecule is Cc1c(/C=C/c2ccc(/C=C/c3ccc(C(=O)ON4C(=O)CCC4=O)cc3)cc2)c(=O)oc2cc(N(C)C)ccc12. The monoisotopic (exact) mass is 548 g/mol. The van der Waals surface area contributed by atoms with Crippen LogP contribution in [-0.2, 0) is 14.4 Å². The summed E-state index contributed by atoms with van der Waals surface area (Å²) in [5, 5.41) is 1.44. The molecule has 0 aliphatic carbocycles. The number of hydrogen-bond acceptors (Lipinski definition) is 7. The Morgan fingerprint density at radius 1 is 0.805 bits per heavy atom. The van der Waals surface area contributed by atoms with Crippen LogP contribution in [0.25, 0.3) is 35.3 Å². The summed E-state index contributed by atoms with van der Waals surface area (Å²) in [6, 6.07) is 20.3. The van der Waals surface area contributed by atoms with Crippen molar-refractivity contribution in [1.29, 1.82) is 0 Å². The van der Waals surface area contributed by atoms with Crippen molar-refractivity contribution in [2.75, 3.05) is 19.0 Å². The van der Waals surface area contributed by atoms with Gasteiger partial charge in [0, 0.05) is 44.1 Å². The van der Waals surface area contributed by atoms with E-state index in [2.05, 4.69) is 0 Å². The number of aryl methyl sites for hydroxylation is 1. The predicted octanol–water partition coefficient (Wildman–Crippen LogP) is 5.73.